The molecule has 0 spiro atoms. The first-order valence-corrected chi connectivity index (χ1v) is 4.00. The van der Waals surface area contributed by atoms with Crippen molar-refractivity contribution in [2.24, 2.45) is 0 Å². The molecular formula is C8H16Cl2N2. The van der Waals surface area contributed by atoms with Crippen LogP contribution >= 0.6 is 24.8 Å². The zero-order chi connectivity index (χ0) is 6.97. The number of hydrogen-bond acceptors (Lipinski definition) is 2. The van der Waals surface area contributed by atoms with Crippen LogP contribution in [0.5, 0.6) is 0 Å². The molecule has 0 aromatic heterocycles. The van der Waals surface area contributed by atoms with Gasteiger partial charge in [-0.1, -0.05) is 5.57 Å². The van der Waals surface area contributed by atoms with Crippen LogP contribution in [0, 0.1) is 0 Å². The lowest BCUT2D eigenvalue weighted by molar-refractivity contribution is 0.566. The van der Waals surface area contributed by atoms with Crippen molar-refractivity contribution in [1.29, 1.82) is 0 Å². The van der Waals surface area contributed by atoms with E-state index in [1.54, 1.807) is 11.1 Å². The van der Waals surface area contributed by atoms with Crippen molar-refractivity contribution >= 4 is 24.8 Å². The molecular weight excluding hydrogens is 195 g/mol. The van der Waals surface area contributed by atoms with Gasteiger partial charge >= 0.3 is 0 Å². The van der Waals surface area contributed by atoms with E-state index in [1.807, 2.05) is 0 Å². The maximum absolute atomic E-state index is 3.49. The van der Waals surface area contributed by atoms with Gasteiger partial charge in [-0.3, -0.25) is 0 Å². The van der Waals surface area contributed by atoms with Crippen LogP contribution in [0.3, 0.4) is 0 Å². The molecule has 4 heteroatoms. The largest absolute Gasteiger partial charge is 0.311 e. The number of nitrogens with one attached hydrogen (secondary N) is 2. The standard InChI is InChI=1S/C8H14N2.2ClH/c1-6-2-3-10-8-5-9-4-7(6)8;;/h8-10H,2-5H2,1H3;2*1H. The lowest BCUT2D eigenvalue weighted by Crippen LogP contribution is -2.36. The first-order valence-electron chi connectivity index (χ1n) is 4.00. The molecule has 0 aromatic carbocycles. The Balaban J connectivity index is 0.000000605. The molecule has 2 nitrogen and oxygen atoms in total. The van der Waals surface area contributed by atoms with E-state index in [4.69, 9.17) is 0 Å². The summed E-state index contributed by atoms with van der Waals surface area (Å²) in [5.41, 5.74) is 3.22. The summed E-state index contributed by atoms with van der Waals surface area (Å²) in [6.07, 6.45) is 1.24. The Bertz CT molecular complexity index is 180. The minimum atomic E-state index is 0. The second-order valence-electron chi connectivity index (χ2n) is 3.19. The van der Waals surface area contributed by atoms with Crippen molar-refractivity contribution in [2.45, 2.75) is 19.4 Å². The van der Waals surface area contributed by atoms with Crippen molar-refractivity contribution in [1.82, 2.24) is 10.6 Å². The highest BCUT2D eigenvalue weighted by atomic mass is 35.5. The van der Waals surface area contributed by atoms with Gasteiger partial charge in [-0.25, -0.2) is 0 Å². The highest BCUT2D eigenvalue weighted by Gasteiger charge is 2.24. The van der Waals surface area contributed by atoms with Crippen molar-refractivity contribution in [3.8, 4) is 0 Å². The van der Waals surface area contributed by atoms with Gasteiger partial charge in [0.05, 0.1) is 0 Å². The van der Waals surface area contributed by atoms with Crippen LogP contribution in [0.4, 0.5) is 0 Å². The van der Waals surface area contributed by atoms with E-state index in [9.17, 15) is 0 Å². The van der Waals surface area contributed by atoms with Crippen LogP contribution in [0.25, 0.3) is 0 Å². The Morgan fingerprint density at radius 3 is 2.75 bits per heavy atom. The van der Waals surface area contributed by atoms with Crippen molar-refractivity contribution in [3.63, 3.8) is 0 Å². The average molecular weight is 211 g/mol. The minimum absolute atomic E-state index is 0. The van der Waals surface area contributed by atoms with Crippen molar-refractivity contribution < 1.29 is 0 Å². The van der Waals surface area contributed by atoms with Crippen LogP contribution < -0.4 is 10.6 Å². The molecule has 0 radical (unpaired) electrons. The first kappa shape index (κ1) is 12.2. The zero-order valence-corrected chi connectivity index (χ0v) is 8.86. The molecule has 12 heavy (non-hydrogen) atoms. The van der Waals surface area contributed by atoms with E-state index in [0.29, 0.717) is 6.04 Å². The average Bonchev–Trinajstić information content (AvgIpc) is 2.36. The van der Waals surface area contributed by atoms with Gasteiger partial charge in [0.2, 0.25) is 0 Å². The van der Waals surface area contributed by atoms with Crippen molar-refractivity contribution in [3.05, 3.63) is 11.1 Å². The van der Waals surface area contributed by atoms with Gasteiger partial charge in [0, 0.05) is 19.1 Å². The highest BCUT2D eigenvalue weighted by molar-refractivity contribution is 5.85. The lowest BCUT2D eigenvalue weighted by atomic mass is 9.98. The van der Waals surface area contributed by atoms with Crippen molar-refractivity contribution in [2.75, 3.05) is 19.6 Å². The monoisotopic (exact) mass is 210 g/mol. The maximum Gasteiger partial charge on any atom is 0.0421 e. The topological polar surface area (TPSA) is 24.1 Å². The predicted molar refractivity (Wildman–Crippen MR) is 56.5 cm³/mol. The van der Waals surface area contributed by atoms with Gasteiger partial charge in [-0.05, 0) is 25.5 Å². The van der Waals surface area contributed by atoms with Gasteiger partial charge in [0.15, 0.2) is 0 Å². The summed E-state index contributed by atoms with van der Waals surface area (Å²) >= 11 is 0. The Kier molecular flexibility index (Phi) is 5.18. The Morgan fingerprint density at radius 2 is 2.08 bits per heavy atom. The van der Waals surface area contributed by atoms with E-state index < -0.39 is 0 Å². The fourth-order valence-corrected chi connectivity index (χ4v) is 1.84. The Hall–Kier alpha value is 0.240. The number of halogens is 2. The molecule has 0 saturated carbocycles. The summed E-state index contributed by atoms with van der Waals surface area (Å²) in [5, 5.41) is 6.87. The van der Waals surface area contributed by atoms with E-state index >= 15 is 0 Å². The van der Waals surface area contributed by atoms with E-state index in [2.05, 4.69) is 17.6 Å². The van der Waals surface area contributed by atoms with Crippen LogP contribution in [0.1, 0.15) is 13.3 Å². The van der Waals surface area contributed by atoms with Gasteiger partial charge in [-0.2, -0.15) is 0 Å². The summed E-state index contributed by atoms with van der Waals surface area (Å²) in [4.78, 5) is 0. The summed E-state index contributed by atoms with van der Waals surface area (Å²) < 4.78 is 0. The summed E-state index contributed by atoms with van der Waals surface area (Å²) in [6, 6.07) is 0.661. The van der Waals surface area contributed by atoms with Crippen LogP contribution in [-0.4, -0.2) is 25.7 Å². The van der Waals surface area contributed by atoms with Gasteiger partial charge in [-0.15, -0.1) is 24.8 Å². The van der Waals surface area contributed by atoms with E-state index in [0.717, 1.165) is 13.1 Å². The zero-order valence-electron chi connectivity index (χ0n) is 7.22. The second-order valence-corrected chi connectivity index (χ2v) is 3.19. The second kappa shape index (κ2) is 5.07. The molecule has 0 aliphatic carbocycles. The van der Waals surface area contributed by atoms with Crippen LogP contribution in [-0.2, 0) is 0 Å². The van der Waals surface area contributed by atoms with E-state index in [1.165, 1.54) is 13.0 Å². The van der Waals surface area contributed by atoms with Crippen LogP contribution in [0.2, 0.25) is 0 Å². The molecule has 1 unspecified atom stereocenters. The number of fused-ring (bicyclic) bond motifs is 1. The first-order chi connectivity index (χ1) is 4.88. The smallest absolute Gasteiger partial charge is 0.0421 e. The summed E-state index contributed by atoms with van der Waals surface area (Å²) in [5.74, 6) is 0. The molecule has 2 heterocycles. The predicted octanol–water partition coefficient (Wildman–Crippen LogP) is 1.11. The lowest BCUT2D eigenvalue weighted by Gasteiger charge is -2.21. The molecule has 2 aliphatic rings. The van der Waals surface area contributed by atoms with Gasteiger partial charge < -0.3 is 10.6 Å². The SMILES string of the molecule is CC1=C2CNCC2NCC1.Cl.Cl. The molecule has 2 rings (SSSR count). The molecule has 0 aromatic rings. The molecule has 72 valence electrons. The minimum Gasteiger partial charge on any atom is -0.311 e. The molecule has 2 N–H and O–H groups in total. The fraction of sp³-hybridized carbons (Fsp3) is 0.750. The highest BCUT2D eigenvalue weighted by Crippen LogP contribution is 2.19. The Morgan fingerprint density at radius 1 is 1.33 bits per heavy atom. The summed E-state index contributed by atoms with van der Waals surface area (Å²) in [7, 11) is 0. The van der Waals surface area contributed by atoms with Crippen LogP contribution in [0.15, 0.2) is 11.1 Å². The fourth-order valence-electron chi connectivity index (χ4n) is 1.84. The maximum atomic E-state index is 3.49. The van der Waals surface area contributed by atoms with E-state index in [-0.39, 0.29) is 24.8 Å². The summed E-state index contributed by atoms with van der Waals surface area (Å²) in [6.45, 7) is 5.67. The van der Waals surface area contributed by atoms with Gasteiger partial charge in [0.25, 0.3) is 0 Å². The molecule has 0 amide bonds. The van der Waals surface area contributed by atoms with Gasteiger partial charge in [0.1, 0.15) is 0 Å². The third kappa shape index (κ3) is 2.13. The quantitative estimate of drug-likeness (QED) is 0.586. The third-order valence-electron chi connectivity index (χ3n) is 2.52. The number of hydrogen-bond donors (Lipinski definition) is 2. The number of rotatable bonds is 0. The third-order valence-corrected chi connectivity index (χ3v) is 2.52. The molecule has 1 fully saturated rings. The molecule has 2 aliphatic heterocycles. The Labute approximate surface area is 86.0 Å². The molecule has 0 bridgehead atoms. The molecule has 1 atom stereocenters. The molecule has 1 saturated heterocycles. The normalized spacial score (nSPS) is 27.2.